The Bertz CT molecular complexity index is 899. The van der Waals surface area contributed by atoms with Gasteiger partial charge in [-0.25, -0.2) is 13.2 Å². The molecule has 0 aliphatic heterocycles. The van der Waals surface area contributed by atoms with Gasteiger partial charge in [0, 0.05) is 11.1 Å². The highest BCUT2D eigenvalue weighted by molar-refractivity contribution is 5.66. The summed E-state index contributed by atoms with van der Waals surface area (Å²) in [5.74, 6) is -4.27. The first-order chi connectivity index (χ1) is 14.5. The van der Waals surface area contributed by atoms with Gasteiger partial charge in [-0.2, -0.15) is 4.39 Å². The van der Waals surface area contributed by atoms with Gasteiger partial charge in [0.2, 0.25) is 5.82 Å². The number of rotatable bonds is 7. The Kier molecular flexibility index (Phi) is 7.57. The second-order valence-electron chi connectivity index (χ2n) is 7.97. The third-order valence-corrected chi connectivity index (χ3v) is 5.96. The molecule has 5 heteroatoms. The molecule has 0 spiro atoms. The van der Waals surface area contributed by atoms with Crippen molar-refractivity contribution in [3.8, 4) is 16.9 Å². The van der Waals surface area contributed by atoms with E-state index in [0.717, 1.165) is 32.1 Å². The number of ether oxygens (including phenoxy) is 1. The first-order valence-electron chi connectivity index (χ1n) is 10.8. The maximum Gasteiger partial charge on any atom is 0.201 e. The lowest BCUT2D eigenvalue weighted by atomic mass is 9.77. The van der Waals surface area contributed by atoms with E-state index >= 15 is 0 Å². The van der Waals surface area contributed by atoms with Gasteiger partial charge in [-0.15, -0.1) is 0 Å². The SMILES string of the molecule is CCC=COc1ccc(-c2ccc(C3CCC(CCC)CC3)c(F)c2F)c(F)c1F. The molecule has 2 aromatic rings. The minimum Gasteiger partial charge on any atom is -0.462 e. The summed E-state index contributed by atoms with van der Waals surface area (Å²) >= 11 is 0. The Balaban J connectivity index is 1.85. The van der Waals surface area contributed by atoms with Gasteiger partial charge in [0.05, 0.1) is 6.26 Å². The Morgan fingerprint density at radius 3 is 2.10 bits per heavy atom. The predicted molar refractivity (Wildman–Crippen MR) is 111 cm³/mol. The lowest BCUT2D eigenvalue weighted by Gasteiger charge is -2.29. The molecule has 2 aromatic carbocycles. The van der Waals surface area contributed by atoms with E-state index in [1.807, 2.05) is 6.92 Å². The lowest BCUT2D eigenvalue weighted by Crippen LogP contribution is -2.15. The average molecular weight is 420 g/mol. The van der Waals surface area contributed by atoms with E-state index < -0.39 is 23.3 Å². The van der Waals surface area contributed by atoms with E-state index in [1.54, 1.807) is 6.08 Å². The fourth-order valence-corrected chi connectivity index (χ4v) is 4.31. The third kappa shape index (κ3) is 4.71. The van der Waals surface area contributed by atoms with Crippen LogP contribution in [-0.2, 0) is 0 Å². The van der Waals surface area contributed by atoms with Crippen LogP contribution in [0.3, 0.4) is 0 Å². The summed E-state index contributed by atoms with van der Waals surface area (Å²) in [7, 11) is 0. The van der Waals surface area contributed by atoms with Crippen molar-refractivity contribution in [3.05, 3.63) is 65.4 Å². The summed E-state index contributed by atoms with van der Waals surface area (Å²) in [5.41, 5.74) is -0.284. The van der Waals surface area contributed by atoms with Crippen LogP contribution in [0, 0.1) is 29.2 Å². The van der Waals surface area contributed by atoms with Crippen molar-refractivity contribution in [2.45, 2.75) is 64.7 Å². The van der Waals surface area contributed by atoms with Crippen molar-refractivity contribution in [1.82, 2.24) is 0 Å². The largest absolute Gasteiger partial charge is 0.462 e. The average Bonchev–Trinajstić information content (AvgIpc) is 2.75. The van der Waals surface area contributed by atoms with E-state index in [-0.39, 0.29) is 22.8 Å². The molecule has 162 valence electrons. The third-order valence-electron chi connectivity index (χ3n) is 5.96. The number of benzene rings is 2. The fourth-order valence-electron chi connectivity index (χ4n) is 4.31. The second-order valence-corrected chi connectivity index (χ2v) is 7.97. The zero-order chi connectivity index (χ0) is 21.7. The molecule has 1 aliphatic rings. The van der Waals surface area contributed by atoms with Crippen LogP contribution in [0.15, 0.2) is 36.6 Å². The van der Waals surface area contributed by atoms with Gasteiger partial charge >= 0.3 is 0 Å². The number of allylic oxidation sites excluding steroid dienone is 1. The second kappa shape index (κ2) is 10.1. The Labute approximate surface area is 175 Å². The van der Waals surface area contributed by atoms with E-state index in [9.17, 15) is 17.6 Å². The van der Waals surface area contributed by atoms with Crippen LogP contribution in [0.1, 0.15) is 70.3 Å². The summed E-state index contributed by atoms with van der Waals surface area (Å²) in [6.07, 6.45) is 9.55. The molecular weight excluding hydrogens is 392 g/mol. The molecule has 0 unspecified atom stereocenters. The molecule has 0 heterocycles. The van der Waals surface area contributed by atoms with Crippen molar-refractivity contribution >= 4 is 0 Å². The van der Waals surface area contributed by atoms with Gasteiger partial charge < -0.3 is 4.74 Å². The van der Waals surface area contributed by atoms with Gasteiger partial charge in [0.1, 0.15) is 0 Å². The molecule has 0 N–H and O–H groups in total. The Morgan fingerprint density at radius 2 is 1.47 bits per heavy atom. The van der Waals surface area contributed by atoms with Crippen LogP contribution in [0.2, 0.25) is 0 Å². The molecule has 30 heavy (non-hydrogen) atoms. The van der Waals surface area contributed by atoms with Crippen LogP contribution in [0.5, 0.6) is 5.75 Å². The monoisotopic (exact) mass is 420 g/mol. The maximum absolute atomic E-state index is 14.9. The fraction of sp³-hybridized carbons (Fsp3) is 0.440. The molecule has 0 aromatic heterocycles. The van der Waals surface area contributed by atoms with Crippen molar-refractivity contribution in [2.24, 2.45) is 5.92 Å². The highest BCUT2D eigenvalue weighted by Gasteiger charge is 2.27. The zero-order valence-electron chi connectivity index (χ0n) is 17.5. The summed E-state index contributed by atoms with van der Waals surface area (Å²) < 4.78 is 63.7. The normalized spacial score (nSPS) is 19.4. The van der Waals surface area contributed by atoms with Crippen LogP contribution < -0.4 is 4.74 Å². The standard InChI is InChI=1S/C25H28F4O/c1-3-5-15-30-21-14-13-20(24(28)25(21)29)19-12-11-18(22(26)23(19)27)17-9-7-16(6-4-2)8-10-17/h5,11-17H,3-4,6-10H2,1-2H3. The van der Waals surface area contributed by atoms with Crippen LogP contribution in [0.25, 0.3) is 11.1 Å². The van der Waals surface area contributed by atoms with Crippen molar-refractivity contribution in [1.29, 1.82) is 0 Å². The number of halogens is 4. The van der Waals surface area contributed by atoms with Crippen LogP contribution in [-0.4, -0.2) is 0 Å². The molecule has 1 fully saturated rings. The molecular formula is C25H28F4O. The molecule has 3 rings (SSSR count). The van der Waals surface area contributed by atoms with Gasteiger partial charge in [0.25, 0.3) is 0 Å². The van der Waals surface area contributed by atoms with Crippen molar-refractivity contribution < 1.29 is 22.3 Å². The first-order valence-corrected chi connectivity index (χ1v) is 10.8. The van der Waals surface area contributed by atoms with Crippen molar-refractivity contribution in [2.75, 3.05) is 0 Å². The zero-order valence-corrected chi connectivity index (χ0v) is 17.5. The smallest absolute Gasteiger partial charge is 0.201 e. The van der Waals surface area contributed by atoms with E-state index in [0.29, 0.717) is 17.9 Å². The van der Waals surface area contributed by atoms with Gasteiger partial charge in [-0.3, -0.25) is 0 Å². The van der Waals surface area contributed by atoms with Gasteiger partial charge in [-0.1, -0.05) is 38.8 Å². The van der Waals surface area contributed by atoms with E-state index in [1.165, 1.54) is 36.9 Å². The molecule has 0 radical (unpaired) electrons. The summed E-state index contributed by atoms with van der Waals surface area (Å²) in [6, 6.07) is 5.29. The summed E-state index contributed by atoms with van der Waals surface area (Å²) in [5, 5.41) is 0. The van der Waals surface area contributed by atoms with Crippen LogP contribution in [0.4, 0.5) is 17.6 Å². The maximum atomic E-state index is 14.9. The molecule has 1 nitrogen and oxygen atoms in total. The molecule has 1 aliphatic carbocycles. The molecule has 0 bridgehead atoms. The molecule has 0 saturated heterocycles. The predicted octanol–water partition coefficient (Wildman–Crippen LogP) is 8.29. The Hall–Kier alpha value is -2.30. The minimum atomic E-state index is -1.26. The van der Waals surface area contributed by atoms with Gasteiger partial charge in [-0.05, 0) is 67.7 Å². The molecule has 0 amide bonds. The summed E-state index contributed by atoms with van der Waals surface area (Å²) in [6.45, 7) is 4.03. The molecule has 1 saturated carbocycles. The van der Waals surface area contributed by atoms with E-state index in [2.05, 4.69) is 6.92 Å². The topological polar surface area (TPSA) is 9.23 Å². The van der Waals surface area contributed by atoms with E-state index in [4.69, 9.17) is 4.74 Å². The number of hydrogen-bond acceptors (Lipinski definition) is 1. The molecule has 0 atom stereocenters. The van der Waals surface area contributed by atoms with Gasteiger partial charge in [0.15, 0.2) is 23.2 Å². The minimum absolute atomic E-state index is 0.0376. The quantitative estimate of drug-likeness (QED) is 0.323. The Morgan fingerprint density at radius 1 is 0.833 bits per heavy atom. The van der Waals surface area contributed by atoms with Crippen LogP contribution >= 0.6 is 0 Å². The highest BCUT2D eigenvalue weighted by Crippen LogP contribution is 2.40. The highest BCUT2D eigenvalue weighted by atomic mass is 19.2. The number of hydrogen-bond donors (Lipinski definition) is 0. The first kappa shape index (κ1) is 22.4. The van der Waals surface area contributed by atoms with Crippen molar-refractivity contribution in [3.63, 3.8) is 0 Å². The summed E-state index contributed by atoms with van der Waals surface area (Å²) in [4.78, 5) is 0. The lowest BCUT2D eigenvalue weighted by molar-refractivity contribution is 0.303.